The van der Waals surface area contributed by atoms with E-state index >= 15 is 0 Å². The number of nitrogens with one attached hydrogen (secondary N) is 2. The summed E-state index contributed by atoms with van der Waals surface area (Å²) in [5.41, 5.74) is 9.09. The Labute approximate surface area is 116 Å². The van der Waals surface area contributed by atoms with E-state index in [1.54, 1.807) is 38.2 Å². The summed E-state index contributed by atoms with van der Waals surface area (Å²) < 4.78 is 13.0. The maximum Gasteiger partial charge on any atom is 0.251 e. The minimum atomic E-state index is -0.281. The number of carbonyl (C=O) groups is 1. The van der Waals surface area contributed by atoms with Crippen molar-refractivity contribution in [3.63, 3.8) is 0 Å². The van der Waals surface area contributed by atoms with Gasteiger partial charge >= 0.3 is 0 Å². The third kappa shape index (κ3) is 2.88. The molecule has 4 N–H and O–H groups in total. The quantitative estimate of drug-likeness (QED) is 0.753. The fourth-order valence-electron chi connectivity index (χ4n) is 1.87. The van der Waals surface area contributed by atoms with Crippen molar-refractivity contribution >= 4 is 23.0 Å². The van der Waals surface area contributed by atoms with E-state index < -0.39 is 0 Å². The number of aryl methyl sites for hydroxylation is 1. The Balaban J connectivity index is 2.28. The van der Waals surface area contributed by atoms with E-state index in [-0.39, 0.29) is 11.7 Å². The molecule has 0 aliphatic carbocycles. The van der Waals surface area contributed by atoms with Gasteiger partial charge in [0.2, 0.25) is 0 Å². The van der Waals surface area contributed by atoms with Crippen LogP contribution in [0.4, 0.5) is 21.5 Å². The van der Waals surface area contributed by atoms with Gasteiger partial charge in [-0.05, 0) is 48.9 Å². The lowest BCUT2D eigenvalue weighted by Gasteiger charge is -2.12. The van der Waals surface area contributed by atoms with Crippen molar-refractivity contribution in [3.8, 4) is 0 Å². The van der Waals surface area contributed by atoms with Gasteiger partial charge < -0.3 is 16.4 Å². The van der Waals surface area contributed by atoms with Crippen LogP contribution in [0.15, 0.2) is 36.4 Å². The molecule has 5 heteroatoms. The molecule has 2 rings (SSSR count). The molecule has 0 unspecified atom stereocenters. The number of anilines is 3. The topological polar surface area (TPSA) is 67.2 Å². The standard InChI is InChI=1S/C15H16FN3O/c1-9-7-11(16)4-6-13(9)19-14-5-3-10(8-12(14)17)15(20)18-2/h3-8,19H,17H2,1-2H3,(H,18,20). The first-order chi connectivity index (χ1) is 9.51. The van der Waals surface area contributed by atoms with Crippen molar-refractivity contribution < 1.29 is 9.18 Å². The Morgan fingerprint density at radius 2 is 1.85 bits per heavy atom. The van der Waals surface area contributed by atoms with Crippen molar-refractivity contribution in [3.05, 3.63) is 53.3 Å². The number of rotatable bonds is 3. The number of halogens is 1. The lowest BCUT2D eigenvalue weighted by molar-refractivity contribution is 0.0963. The molecule has 0 saturated heterocycles. The van der Waals surface area contributed by atoms with E-state index in [1.165, 1.54) is 12.1 Å². The summed E-state index contributed by atoms with van der Waals surface area (Å²) in [6, 6.07) is 9.47. The minimum Gasteiger partial charge on any atom is -0.397 e. The van der Waals surface area contributed by atoms with E-state index in [4.69, 9.17) is 5.73 Å². The molecular weight excluding hydrogens is 257 g/mol. The fourth-order valence-corrected chi connectivity index (χ4v) is 1.87. The third-order valence-corrected chi connectivity index (χ3v) is 3.00. The molecule has 104 valence electrons. The van der Waals surface area contributed by atoms with Crippen LogP contribution in [-0.2, 0) is 0 Å². The predicted molar refractivity (Wildman–Crippen MR) is 78.7 cm³/mol. The Bertz CT molecular complexity index is 656. The molecule has 1 amide bonds. The van der Waals surface area contributed by atoms with Crippen LogP contribution in [0, 0.1) is 12.7 Å². The van der Waals surface area contributed by atoms with Crippen LogP contribution in [0.25, 0.3) is 0 Å². The molecule has 2 aromatic carbocycles. The molecule has 20 heavy (non-hydrogen) atoms. The van der Waals surface area contributed by atoms with Gasteiger partial charge in [0, 0.05) is 18.3 Å². The van der Waals surface area contributed by atoms with Crippen molar-refractivity contribution in [1.29, 1.82) is 0 Å². The average Bonchev–Trinajstić information content (AvgIpc) is 2.42. The highest BCUT2D eigenvalue weighted by molar-refractivity contribution is 5.96. The summed E-state index contributed by atoms with van der Waals surface area (Å²) in [6.45, 7) is 1.81. The SMILES string of the molecule is CNC(=O)c1ccc(Nc2ccc(F)cc2C)c(N)c1. The first-order valence-electron chi connectivity index (χ1n) is 6.16. The van der Waals surface area contributed by atoms with E-state index in [2.05, 4.69) is 10.6 Å². The van der Waals surface area contributed by atoms with Crippen LogP contribution in [0.1, 0.15) is 15.9 Å². The van der Waals surface area contributed by atoms with Crippen molar-refractivity contribution in [2.24, 2.45) is 0 Å². The molecule has 0 radical (unpaired) electrons. The van der Waals surface area contributed by atoms with Crippen LogP contribution in [-0.4, -0.2) is 13.0 Å². The fraction of sp³-hybridized carbons (Fsp3) is 0.133. The van der Waals surface area contributed by atoms with Crippen molar-refractivity contribution in [2.75, 3.05) is 18.1 Å². The lowest BCUT2D eigenvalue weighted by Crippen LogP contribution is -2.18. The molecule has 0 spiro atoms. The van der Waals surface area contributed by atoms with Gasteiger partial charge in [-0.1, -0.05) is 0 Å². The second-order valence-corrected chi connectivity index (χ2v) is 4.47. The summed E-state index contributed by atoms with van der Waals surface area (Å²) in [4.78, 5) is 11.5. The molecule has 0 bridgehead atoms. The highest BCUT2D eigenvalue weighted by Crippen LogP contribution is 2.26. The number of hydrogen-bond donors (Lipinski definition) is 3. The zero-order chi connectivity index (χ0) is 14.7. The largest absolute Gasteiger partial charge is 0.397 e. The summed E-state index contributed by atoms with van der Waals surface area (Å²) >= 11 is 0. The summed E-state index contributed by atoms with van der Waals surface area (Å²) in [5.74, 6) is -0.475. The van der Waals surface area contributed by atoms with Gasteiger partial charge in [0.1, 0.15) is 5.82 Å². The van der Waals surface area contributed by atoms with Crippen LogP contribution >= 0.6 is 0 Å². The predicted octanol–water partition coefficient (Wildman–Crippen LogP) is 2.82. The van der Waals surface area contributed by atoms with Crippen LogP contribution in [0.5, 0.6) is 0 Å². The summed E-state index contributed by atoms with van der Waals surface area (Å²) in [6.07, 6.45) is 0. The zero-order valence-corrected chi connectivity index (χ0v) is 11.3. The Morgan fingerprint density at radius 1 is 1.15 bits per heavy atom. The van der Waals surface area contributed by atoms with Gasteiger partial charge in [-0.2, -0.15) is 0 Å². The number of nitrogen functional groups attached to an aromatic ring is 1. The van der Waals surface area contributed by atoms with Gasteiger partial charge in [0.25, 0.3) is 5.91 Å². The van der Waals surface area contributed by atoms with Crippen molar-refractivity contribution in [2.45, 2.75) is 6.92 Å². The van der Waals surface area contributed by atoms with Crippen LogP contribution in [0.3, 0.4) is 0 Å². The Kier molecular flexibility index (Phi) is 3.89. The van der Waals surface area contributed by atoms with E-state index in [0.717, 1.165) is 11.3 Å². The molecule has 0 heterocycles. The highest BCUT2D eigenvalue weighted by atomic mass is 19.1. The monoisotopic (exact) mass is 273 g/mol. The Morgan fingerprint density at radius 3 is 2.45 bits per heavy atom. The van der Waals surface area contributed by atoms with Gasteiger partial charge in [-0.3, -0.25) is 4.79 Å². The second kappa shape index (κ2) is 5.61. The van der Waals surface area contributed by atoms with E-state index in [9.17, 15) is 9.18 Å². The van der Waals surface area contributed by atoms with Gasteiger partial charge in [0.15, 0.2) is 0 Å². The molecule has 4 nitrogen and oxygen atoms in total. The zero-order valence-electron chi connectivity index (χ0n) is 11.3. The number of nitrogens with two attached hydrogens (primary N) is 1. The van der Waals surface area contributed by atoms with Gasteiger partial charge in [-0.25, -0.2) is 4.39 Å². The van der Waals surface area contributed by atoms with E-state index in [0.29, 0.717) is 16.9 Å². The van der Waals surface area contributed by atoms with Gasteiger partial charge in [-0.15, -0.1) is 0 Å². The number of hydrogen-bond acceptors (Lipinski definition) is 3. The average molecular weight is 273 g/mol. The third-order valence-electron chi connectivity index (χ3n) is 3.00. The van der Waals surface area contributed by atoms with E-state index in [1.807, 2.05) is 0 Å². The maximum absolute atomic E-state index is 13.0. The smallest absolute Gasteiger partial charge is 0.251 e. The maximum atomic E-state index is 13.0. The molecule has 0 saturated carbocycles. The molecule has 0 aliphatic rings. The molecule has 0 aromatic heterocycles. The van der Waals surface area contributed by atoms with Gasteiger partial charge in [0.05, 0.1) is 11.4 Å². The normalized spacial score (nSPS) is 10.2. The summed E-state index contributed by atoms with van der Waals surface area (Å²) in [7, 11) is 1.56. The first-order valence-corrected chi connectivity index (χ1v) is 6.16. The second-order valence-electron chi connectivity index (χ2n) is 4.47. The first kappa shape index (κ1) is 13.9. The van der Waals surface area contributed by atoms with Crippen LogP contribution < -0.4 is 16.4 Å². The minimum absolute atomic E-state index is 0.193. The Hall–Kier alpha value is -2.56. The molecular formula is C15H16FN3O. The molecule has 0 atom stereocenters. The molecule has 2 aromatic rings. The number of carbonyl (C=O) groups excluding carboxylic acids is 1. The van der Waals surface area contributed by atoms with Crippen LogP contribution in [0.2, 0.25) is 0 Å². The molecule has 0 aliphatic heterocycles. The molecule has 0 fully saturated rings. The highest BCUT2D eigenvalue weighted by Gasteiger charge is 2.08. The number of benzene rings is 2. The van der Waals surface area contributed by atoms with Crippen molar-refractivity contribution in [1.82, 2.24) is 5.32 Å². The summed E-state index contributed by atoms with van der Waals surface area (Å²) in [5, 5.41) is 5.66. The lowest BCUT2D eigenvalue weighted by atomic mass is 10.1. The number of amides is 1.